The van der Waals surface area contributed by atoms with Crippen LogP contribution in [-0.4, -0.2) is 63.6 Å². The van der Waals surface area contributed by atoms with Crippen LogP contribution in [0.15, 0.2) is 102 Å². The van der Waals surface area contributed by atoms with Gasteiger partial charge in [-0.2, -0.15) is 4.68 Å². The maximum absolute atomic E-state index is 14.2. The fourth-order valence-corrected chi connectivity index (χ4v) is 7.14. The molecule has 2 heterocycles. The summed E-state index contributed by atoms with van der Waals surface area (Å²) in [7, 11) is -3.81. The van der Waals surface area contributed by atoms with E-state index < -0.39 is 51.0 Å². The number of tetrazole rings is 1. The van der Waals surface area contributed by atoms with E-state index >= 15 is 0 Å². The van der Waals surface area contributed by atoms with E-state index in [9.17, 15) is 27.6 Å². The molecule has 6 rings (SSSR count). The summed E-state index contributed by atoms with van der Waals surface area (Å²) in [5, 5.41) is 22.2. The molecule has 4 aromatic carbocycles. The molecular weight excluding hydrogens is 762 g/mol. The first kappa shape index (κ1) is 39.4. The molecule has 0 spiro atoms. The van der Waals surface area contributed by atoms with Gasteiger partial charge < -0.3 is 26.0 Å². The molecule has 0 fully saturated rings. The first-order valence-electron chi connectivity index (χ1n) is 17.3. The van der Waals surface area contributed by atoms with E-state index in [2.05, 4.69) is 41.5 Å². The molecular formula is C38H38ClN9O7S. The number of aryl methyl sites for hydroxylation is 2. The van der Waals surface area contributed by atoms with Crippen LogP contribution in [0, 0.1) is 6.92 Å². The highest BCUT2D eigenvalue weighted by Crippen LogP contribution is 2.41. The molecule has 5 aromatic rings. The van der Waals surface area contributed by atoms with E-state index in [1.165, 1.54) is 35.3 Å². The summed E-state index contributed by atoms with van der Waals surface area (Å²) in [5.74, 6) is -3.86. The third-order valence-electron chi connectivity index (χ3n) is 8.56. The number of nitrogens with zero attached hydrogens (tertiary/aromatic N) is 4. The molecule has 1 aromatic heterocycles. The van der Waals surface area contributed by atoms with E-state index in [1.54, 1.807) is 87.5 Å². The Bertz CT molecular complexity index is 2390. The molecule has 2 unspecified atom stereocenters. The number of anilines is 3. The molecule has 56 heavy (non-hydrogen) atoms. The highest BCUT2D eigenvalue weighted by molar-refractivity contribution is 7.92. The fraction of sp³-hybridized carbons (Fsp3) is 0.237. The number of fused-ring (bicyclic) bond motifs is 1. The zero-order chi connectivity index (χ0) is 40.3. The Labute approximate surface area is 327 Å². The predicted octanol–water partition coefficient (Wildman–Crippen LogP) is 4.43. The van der Waals surface area contributed by atoms with Crippen molar-refractivity contribution in [2.24, 2.45) is 0 Å². The smallest absolute Gasteiger partial charge is 0.356 e. The minimum Gasteiger partial charge on any atom is -0.457 e. The second-order valence-corrected chi connectivity index (χ2v) is 16.1. The fourth-order valence-electron chi connectivity index (χ4n) is 5.91. The molecule has 3 amide bonds. The van der Waals surface area contributed by atoms with E-state index in [-0.39, 0.29) is 28.4 Å². The number of esters is 1. The molecule has 5 N–H and O–H groups in total. The third-order valence-corrected chi connectivity index (χ3v) is 10.2. The Balaban J connectivity index is 1.20. The van der Waals surface area contributed by atoms with Gasteiger partial charge in [0.15, 0.2) is 0 Å². The van der Waals surface area contributed by atoms with E-state index in [0.717, 1.165) is 11.1 Å². The van der Waals surface area contributed by atoms with Gasteiger partial charge in [0.25, 0.3) is 10.0 Å². The van der Waals surface area contributed by atoms with Gasteiger partial charge in [-0.15, -0.1) is 5.10 Å². The highest BCUT2D eigenvalue weighted by atomic mass is 35.5. The lowest BCUT2D eigenvalue weighted by Gasteiger charge is -2.36. The van der Waals surface area contributed by atoms with Crippen molar-refractivity contribution in [2.75, 3.05) is 15.4 Å². The molecule has 1 aliphatic heterocycles. The first-order chi connectivity index (χ1) is 26.5. The van der Waals surface area contributed by atoms with Crippen LogP contribution in [0.1, 0.15) is 49.9 Å². The molecule has 290 valence electrons. The molecule has 2 atom stereocenters. The highest BCUT2D eigenvalue weighted by Gasteiger charge is 2.56. The number of hydrogen-bond donors (Lipinski definition) is 5. The van der Waals surface area contributed by atoms with Crippen LogP contribution in [0.4, 0.5) is 17.1 Å². The van der Waals surface area contributed by atoms with E-state index in [0.29, 0.717) is 22.6 Å². The molecule has 0 saturated carbocycles. The predicted molar refractivity (Wildman–Crippen MR) is 207 cm³/mol. The summed E-state index contributed by atoms with van der Waals surface area (Å²) >= 11 is 6.19. The van der Waals surface area contributed by atoms with Gasteiger partial charge in [0.2, 0.25) is 11.6 Å². The van der Waals surface area contributed by atoms with Gasteiger partial charge >= 0.3 is 17.8 Å². The largest absolute Gasteiger partial charge is 0.457 e. The summed E-state index contributed by atoms with van der Waals surface area (Å²) in [6, 6.07) is 23.0. The minimum absolute atomic E-state index is 0.0549. The lowest BCUT2D eigenvalue weighted by molar-refractivity contribution is -0.164. The Morgan fingerprint density at radius 1 is 0.946 bits per heavy atom. The SMILES string of the molecule is Cc1ccc(S(=O)(=O)Nc2ccc(CCC(=O)NC3c4ccccc4NC3(NC(=O)C(=O)Nc3cc(Cl)ccc3-n3cnnn3)C(=O)OC(C)(C)C)cc2)cc1. The Morgan fingerprint density at radius 2 is 1.66 bits per heavy atom. The zero-order valence-corrected chi connectivity index (χ0v) is 32.2. The van der Waals surface area contributed by atoms with Gasteiger partial charge in [-0.3, -0.25) is 19.1 Å². The van der Waals surface area contributed by atoms with E-state index in [4.69, 9.17) is 16.3 Å². The maximum Gasteiger partial charge on any atom is 0.356 e. The van der Waals surface area contributed by atoms with Crippen molar-refractivity contribution in [3.63, 3.8) is 0 Å². The first-order valence-corrected chi connectivity index (χ1v) is 19.1. The topological polar surface area (TPSA) is 215 Å². The Kier molecular flexibility index (Phi) is 11.1. The van der Waals surface area contributed by atoms with Crippen LogP contribution in [-0.2, 0) is 40.4 Å². The lowest BCUT2D eigenvalue weighted by Crippen LogP contribution is -2.66. The molecule has 0 radical (unpaired) electrons. The van der Waals surface area contributed by atoms with Gasteiger partial charge in [-0.05, 0) is 98.6 Å². The van der Waals surface area contributed by atoms with Gasteiger partial charge in [0, 0.05) is 28.4 Å². The number of carbonyl (C=O) groups excluding carboxylic acids is 4. The van der Waals surface area contributed by atoms with Crippen LogP contribution < -0.4 is 26.0 Å². The normalized spacial score (nSPS) is 16.2. The number of benzene rings is 4. The van der Waals surface area contributed by atoms with Crippen molar-refractivity contribution in [1.82, 2.24) is 30.8 Å². The second kappa shape index (κ2) is 15.8. The van der Waals surface area contributed by atoms with Crippen LogP contribution in [0.25, 0.3) is 5.69 Å². The number of ether oxygens (including phenoxy) is 1. The average Bonchev–Trinajstić information content (AvgIpc) is 3.78. The van der Waals surface area contributed by atoms with Crippen LogP contribution in [0.2, 0.25) is 5.02 Å². The molecule has 18 heteroatoms. The summed E-state index contributed by atoms with van der Waals surface area (Å²) in [6.45, 7) is 6.78. The summed E-state index contributed by atoms with van der Waals surface area (Å²) in [5.41, 5.74) is 0.0507. The monoisotopic (exact) mass is 799 g/mol. The van der Waals surface area contributed by atoms with Crippen molar-refractivity contribution in [3.05, 3.63) is 119 Å². The molecule has 16 nitrogen and oxygen atoms in total. The second-order valence-electron chi connectivity index (χ2n) is 14.0. The van der Waals surface area contributed by atoms with E-state index in [1.807, 2.05) is 6.92 Å². The van der Waals surface area contributed by atoms with Crippen molar-refractivity contribution >= 4 is 62.4 Å². The van der Waals surface area contributed by atoms with Gasteiger partial charge in [-0.25, -0.2) is 13.2 Å². The number of para-hydroxylation sites is 1. The van der Waals surface area contributed by atoms with Gasteiger partial charge in [0.05, 0.1) is 16.3 Å². The number of rotatable bonds is 11. The number of aromatic nitrogens is 4. The van der Waals surface area contributed by atoms with Gasteiger partial charge in [0.1, 0.15) is 18.0 Å². The lowest BCUT2D eigenvalue weighted by atomic mass is 9.96. The standard InChI is InChI=1S/C38H38ClN9O7S/c1-23-9-17-27(18-10-23)56(53,54)45-26-15-11-24(12-16-26)13-20-32(49)42-33-28-7-5-6-8-29(28)43-38(33,36(52)55-37(2,3)4)44-35(51)34(50)41-30-21-25(39)14-19-31(30)48-22-40-46-47-48/h5-12,14-19,21-22,33,43,45H,13,20H2,1-4H3,(H,41,50)(H,42,49)(H,44,51). The van der Waals surface area contributed by atoms with Crippen LogP contribution in [0.5, 0.6) is 0 Å². The zero-order valence-electron chi connectivity index (χ0n) is 30.7. The number of sulfonamides is 1. The third kappa shape index (κ3) is 8.96. The number of carbonyl (C=O) groups is 4. The minimum atomic E-state index is -3.81. The number of nitrogens with one attached hydrogen (secondary N) is 5. The molecule has 0 aliphatic carbocycles. The molecule has 0 bridgehead atoms. The Hall–Kier alpha value is -6.33. The summed E-state index contributed by atoms with van der Waals surface area (Å²) in [4.78, 5) is 55.2. The quantitative estimate of drug-likeness (QED) is 0.0931. The number of hydrogen-bond acceptors (Lipinski definition) is 11. The van der Waals surface area contributed by atoms with Crippen LogP contribution >= 0.6 is 11.6 Å². The summed E-state index contributed by atoms with van der Waals surface area (Å²) in [6.07, 6.45) is 1.48. The van der Waals surface area contributed by atoms with Crippen LogP contribution in [0.3, 0.4) is 0 Å². The number of amides is 3. The van der Waals surface area contributed by atoms with Crippen molar-refractivity contribution in [1.29, 1.82) is 0 Å². The van der Waals surface area contributed by atoms with Crippen molar-refractivity contribution in [2.45, 2.75) is 62.7 Å². The number of halogens is 1. The Morgan fingerprint density at radius 3 is 2.34 bits per heavy atom. The molecule has 0 saturated heterocycles. The van der Waals surface area contributed by atoms with Crippen molar-refractivity contribution < 1.29 is 32.3 Å². The average molecular weight is 800 g/mol. The van der Waals surface area contributed by atoms with Crippen molar-refractivity contribution in [3.8, 4) is 5.69 Å². The van der Waals surface area contributed by atoms with Gasteiger partial charge in [-0.1, -0.05) is 59.6 Å². The molecule has 1 aliphatic rings. The summed E-state index contributed by atoms with van der Waals surface area (Å²) < 4.78 is 35.3. The maximum atomic E-state index is 14.2.